The second-order valence-electron chi connectivity index (χ2n) is 3.95. The van der Waals surface area contributed by atoms with Gasteiger partial charge < -0.3 is 19.9 Å². The van der Waals surface area contributed by atoms with E-state index in [1.807, 2.05) is 0 Å². The molecule has 2 N–H and O–H groups in total. The molecule has 0 bridgehead atoms. The van der Waals surface area contributed by atoms with Gasteiger partial charge in [0.1, 0.15) is 5.75 Å². The maximum absolute atomic E-state index is 11.9. The normalized spacial score (nSPS) is 12.1. The number of esters is 1. The van der Waals surface area contributed by atoms with E-state index in [4.69, 9.17) is 4.74 Å². The van der Waals surface area contributed by atoms with Gasteiger partial charge in [-0.15, -0.1) is 0 Å². The molecule has 0 amide bonds. The maximum Gasteiger partial charge on any atom is 0.387 e. The van der Waals surface area contributed by atoms with Crippen molar-refractivity contribution in [1.29, 1.82) is 0 Å². The molecule has 0 aliphatic heterocycles. The zero-order valence-electron chi connectivity index (χ0n) is 11.0. The summed E-state index contributed by atoms with van der Waals surface area (Å²) >= 11 is 0. The highest BCUT2D eigenvalue weighted by atomic mass is 19.3. The summed E-state index contributed by atoms with van der Waals surface area (Å²) in [6, 6.07) is 5.84. The SMILES string of the molecule is CCOC(=O)CC(O)CNc1ccc(OC(F)F)cc1. The fourth-order valence-electron chi connectivity index (χ4n) is 1.47. The number of ether oxygens (including phenoxy) is 2. The summed E-state index contributed by atoms with van der Waals surface area (Å²) in [6.07, 6.45) is -0.987. The number of benzene rings is 1. The summed E-state index contributed by atoms with van der Waals surface area (Å²) in [6.45, 7) is -0.760. The van der Waals surface area contributed by atoms with Crippen LogP contribution in [0.25, 0.3) is 0 Å². The van der Waals surface area contributed by atoms with E-state index >= 15 is 0 Å². The zero-order chi connectivity index (χ0) is 15.0. The van der Waals surface area contributed by atoms with Crippen LogP contribution < -0.4 is 10.1 Å². The fourth-order valence-corrected chi connectivity index (χ4v) is 1.47. The van der Waals surface area contributed by atoms with Crippen molar-refractivity contribution in [2.45, 2.75) is 26.1 Å². The minimum atomic E-state index is -2.86. The van der Waals surface area contributed by atoms with Gasteiger partial charge in [0.05, 0.1) is 19.1 Å². The average Bonchev–Trinajstić information content (AvgIpc) is 2.37. The van der Waals surface area contributed by atoms with Crippen molar-refractivity contribution < 1.29 is 28.2 Å². The van der Waals surface area contributed by atoms with Gasteiger partial charge in [0.25, 0.3) is 0 Å². The Hall–Kier alpha value is -1.89. The zero-order valence-corrected chi connectivity index (χ0v) is 11.0. The molecule has 7 heteroatoms. The molecule has 0 saturated carbocycles. The fraction of sp³-hybridized carbons (Fsp3) is 0.462. The number of rotatable bonds is 8. The van der Waals surface area contributed by atoms with Crippen molar-refractivity contribution >= 4 is 11.7 Å². The summed E-state index contributed by atoms with van der Waals surface area (Å²) < 4.78 is 32.8. The topological polar surface area (TPSA) is 67.8 Å². The Labute approximate surface area is 115 Å². The molecule has 5 nitrogen and oxygen atoms in total. The Morgan fingerprint density at radius 3 is 2.55 bits per heavy atom. The van der Waals surface area contributed by atoms with Gasteiger partial charge in [-0.25, -0.2) is 0 Å². The third-order valence-corrected chi connectivity index (χ3v) is 2.33. The van der Waals surface area contributed by atoms with Gasteiger partial charge >= 0.3 is 12.6 Å². The van der Waals surface area contributed by atoms with Gasteiger partial charge in [0.2, 0.25) is 0 Å². The lowest BCUT2D eigenvalue weighted by atomic mass is 10.2. The van der Waals surface area contributed by atoms with Crippen LogP contribution in [0.15, 0.2) is 24.3 Å². The molecule has 0 saturated heterocycles. The predicted octanol–water partition coefficient (Wildman–Crippen LogP) is 2.01. The summed E-state index contributed by atoms with van der Waals surface area (Å²) in [4.78, 5) is 11.1. The standard InChI is InChI=1S/C13H17F2NO4/c1-2-19-12(18)7-10(17)8-16-9-3-5-11(6-4-9)20-13(14)15/h3-6,10,13,16-17H,2,7-8H2,1H3. The molecule has 0 radical (unpaired) electrons. The number of anilines is 1. The lowest BCUT2D eigenvalue weighted by Crippen LogP contribution is -2.23. The largest absolute Gasteiger partial charge is 0.466 e. The molecule has 1 aromatic carbocycles. The van der Waals surface area contributed by atoms with Crippen molar-refractivity contribution in [2.75, 3.05) is 18.5 Å². The highest BCUT2D eigenvalue weighted by Gasteiger charge is 2.11. The number of alkyl halides is 2. The van der Waals surface area contributed by atoms with Gasteiger partial charge in [-0.3, -0.25) is 4.79 Å². The van der Waals surface area contributed by atoms with Crippen LogP contribution in [0.1, 0.15) is 13.3 Å². The van der Waals surface area contributed by atoms with E-state index in [2.05, 4.69) is 10.1 Å². The van der Waals surface area contributed by atoms with E-state index < -0.39 is 18.7 Å². The minimum Gasteiger partial charge on any atom is -0.466 e. The number of carbonyl (C=O) groups is 1. The van der Waals surface area contributed by atoms with Gasteiger partial charge in [0.15, 0.2) is 0 Å². The van der Waals surface area contributed by atoms with Gasteiger partial charge in [-0.2, -0.15) is 8.78 Å². The summed E-state index contributed by atoms with van der Waals surface area (Å²) in [7, 11) is 0. The van der Waals surface area contributed by atoms with Crippen molar-refractivity contribution in [3.05, 3.63) is 24.3 Å². The molecule has 0 aliphatic carbocycles. The first-order chi connectivity index (χ1) is 9.51. The van der Waals surface area contributed by atoms with Crippen molar-refractivity contribution in [3.63, 3.8) is 0 Å². The van der Waals surface area contributed by atoms with E-state index in [9.17, 15) is 18.7 Å². The Morgan fingerprint density at radius 1 is 1.35 bits per heavy atom. The van der Waals surface area contributed by atoms with Crippen LogP contribution in [-0.2, 0) is 9.53 Å². The van der Waals surface area contributed by atoms with Crippen LogP contribution in [0.3, 0.4) is 0 Å². The number of hydrogen-bond donors (Lipinski definition) is 2. The smallest absolute Gasteiger partial charge is 0.387 e. The summed E-state index contributed by atoms with van der Waals surface area (Å²) in [5.41, 5.74) is 0.620. The molecule has 1 rings (SSSR count). The molecule has 0 heterocycles. The quantitative estimate of drug-likeness (QED) is 0.717. The second-order valence-corrected chi connectivity index (χ2v) is 3.95. The average molecular weight is 289 g/mol. The summed E-state index contributed by atoms with van der Waals surface area (Å²) in [5, 5.41) is 12.5. The van der Waals surface area contributed by atoms with Crippen LogP contribution in [0, 0.1) is 0 Å². The van der Waals surface area contributed by atoms with E-state index in [0.29, 0.717) is 5.69 Å². The molecule has 0 aliphatic rings. The lowest BCUT2D eigenvalue weighted by Gasteiger charge is -2.12. The number of aliphatic hydroxyl groups excluding tert-OH is 1. The van der Waals surface area contributed by atoms with Crippen LogP contribution in [0.4, 0.5) is 14.5 Å². The van der Waals surface area contributed by atoms with Crippen LogP contribution in [0.2, 0.25) is 0 Å². The van der Waals surface area contributed by atoms with Crippen molar-refractivity contribution in [2.24, 2.45) is 0 Å². The maximum atomic E-state index is 11.9. The first-order valence-corrected chi connectivity index (χ1v) is 6.13. The van der Waals surface area contributed by atoms with E-state index in [1.54, 1.807) is 6.92 Å². The van der Waals surface area contributed by atoms with Gasteiger partial charge in [0, 0.05) is 12.2 Å². The highest BCUT2D eigenvalue weighted by molar-refractivity contribution is 5.70. The third-order valence-electron chi connectivity index (χ3n) is 2.33. The molecule has 0 aromatic heterocycles. The second kappa shape index (κ2) is 8.31. The molecule has 0 fully saturated rings. The monoisotopic (exact) mass is 289 g/mol. The number of nitrogens with one attached hydrogen (secondary N) is 1. The first kappa shape index (κ1) is 16.2. The molecule has 1 atom stereocenters. The van der Waals surface area contributed by atoms with Crippen LogP contribution in [-0.4, -0.2) is 36.9 Å². The minimum absolute atomic E-state index is 0.0534. The summed E-state index contributed by atoms with van der Waals surface area (Å²) in [5.74, 6) is -0.417. The molecule has 1 unspecified atom stereocenters. The molecule has 0 spiro atoms. The third kappa shape index (κ3) is 6.33. The Kier molecular flexibility index (Phi) is 6.72. The number of carbonyl (C=O) groups excluding carboxylic acids is 1. The Bertz CT molecular complexity index is 411. The van der Waals surface area contributed by atoms with Crippen LogP contribution >= 0.6 is 0 Å². The van der Waals surface area contributed by atoms with Crippen molar-refractivity contribution in [3.8, 4) is 5.75 Å². The van der Waals surface area contributed by atoms with E-state index in [-0.39, 0.29) is 25.3 Å². The number of aliphatic hydroxyl groups is 1. The van der Waals surface area contributed by atoms with E-state index in [1.165, 1.54) is 24.3 Å². The molecular weight excluding hydrogens is 272 g/mol. The first-order valence-electron chi connectivity index (χ1n) is 6.13. The van der Waals surface area contributed by atoms with E-state index in [0.717, 1.165) is 0 Å². The Morgan fingerprint density at radius 2 is 2.00 bits per heavy atom. The molecular formula is C13H17F2NO4. The molecule has 1 aromatic rings. The van der Waals surface area contributed by atoms with Gasteiger partial charge in [-0.05, 0) is 31.2 Å². The number of hydrogen-bond acceptors (Lipinski definition) is 5. The predicted molar refractivity (Wildman–Crippen MR) is 68.8 cm³/mol. The highest BCUT2D eigenvalue weighted by Crippen LogP contribution is 2.17. The molecule has 112 valence electrons. The van der Waals surface area contributed by atoms with Gasteiger partial charge in [-0.1, -0.05) is 0 Å². The van der Waals surface area contributed by atoms with Crippen molar-refractivity contribution in [1.82, 2.24) is 0 Å². The lowest BCUT2D eigenvalue weighted by molar-refractivity contribution is -0.145. The number of halogens is 2. The van der Waals surface area contributed by atoms with Crippen LogP contribution in [0.5, 0.6) is 5.75 Å². The Balaban J connectivity index is 2.36. The molecule has 20 heavy (non-hydrogen) atoms.